The summed E-state index contributed by atoms with van der Waals surface area (Å²) in [6, 6.07) is 7.54. The van der Waals surface area contributed by atoms with E-state index in [9.17, 15) is 14.4 Å². The number of thiophene rings is 1. The van der Waals surface area contributed by atoms with Gasteiger partial charge in [0.15, 0.2) is 6.10 Å². The van der Waals surface area contributed by atoms with Crippen molar-refractivity contribution < 1.29 is 23.9 Å². The number of para-hydroxylation sites is 1. The molecule has 8 nitrogen and oxygen atoms in total. The molecule has 0 saturated carbocycles. The number of aromatic nitrogens is 1. The molecule has 1 unspecified atom stereocenters. The maximum atomic E-state index is 13.6. The van der Waals surface area contributed by atoms with Gasteiger partial charge in [-0.1, -0.05) is 25.1 Å². The lowest BCUT2D eigenvalue weighted by Gasteiger charge is -2.29. The second kappa shape index (κ2) is 11.2. The van der Waals surface area contributed by atoms with E-state index in [4.69, 9.17) is 14.5 Å². The number of hydrogen-bond donors (Lipinski definition) is 1. The highest BCUT2D eigenvalue weighted by molar-refractivity contribution is 7.17. The average Bonchev–Trinajstić information content (AvgIpc) is 3.29. The van der Waals surface area contributed by atoms with Gasteiger partial charge >= 0.3 is 11.9 Å². The summed E-state index contributed by atoms with van der Waals surface area (Å²) in [4.78, 5) is 47.8. The monoisotopic (exact) mass is 535 g/mol. The number of esters is 2. The Morgan fingerprint density at radius 1 is 1.05 bits per heavy atom. The van der Waals surface area contributed by atoms with Gasteiger partial charge in [-0.3, -0.25) is 14.7 Å². The van der Waals surface area contributed by atoms with Crippen molar-refractivity contribution in [2.24, 2.45) is 0 Å². The van der Waals surface area contributed by atoms with E-state index in [0.29, 0.717) is 22.7 Å². The number of rotatable bonds is 7. The summed E-state index contributed by atoms with van der Waals surface area (Å²) in [6.45, 7) is 8.03. The van der Waals surface area contributed by atoms with E-state index in [1.165, 1.54) is 11.3 Å². The van der Waals surface area contributed by atoms with Gasteiger partial charge in [0.2, 0.25) is 0 Å². The molecular weight excluding hydrogens is 502 g/mol. The van der Waals surface area contributed by atoms with Crippen molar-refractivity contribution in [2.45, 2.75) is 65.5 Å². The molecule has 3 aromatic rings. The van der Waals surface area contributed by atoms with Crippen molar-refractivity contribution in [3.63, 3.8) is 0 Å². The summed E-state index contributed by atoms with van der Waals surface area (Å²) in [5.41, 5.74) is 4.39. The van der Waals surface area contributed by atoms with E-state index >= 15 is 0 Å². The first-order valence-corrected chi connectivity index (χ1v) is 14.2. The van der Waals surface area contributed by atoms with E-state index in [0.717, 1.165) is 77.8 Å². The molecule has 1 amide bonds. The number of nitrogens with zero attached hydrogens (tertiary/aromatic N) is 2. The number of nitrogens with one attached hydrogen (secondary N) is 1. The first kappa shape index (κ1) is 26.3. The van der Waals surface area contributed by atoms with Crippen molar-refractivity contribution in [1.29, 1.82) is 0 Å². The zero-order chi connectivity index (χ0) is 26.8. The summed E-state index contributed by atoms with van der Waals surface area (Å²) >= 11 is 1.41. The van der Waals surface area contributed by atoms with Crippen molar-refractivity contribution in [1.82, 2.24) is 9.88 Å². The van der Waals surface area contributed by atoms with Crippen LogP contribution < -0.4 is 5.32 Å². The molecular formula is C29H33N3O5S. The van der Waals surface area contributed by atoms with Gasteiger partial charge in [0, 0.05) is 41.0 Å². The molecule has 1 aromatic carbocycles. The van der Waals surface area contributed by atoms with Crippen molar-refractivity contribution in [2.75, 3.05) is 25.0 Å². The van der Waals surface area contributed by atoms with Crippen LogP contribution >= 0.6 is 11.3 Å². The number of hydrogen-bond acceptors (Lipinski definition) is 8. The number of anilines is 1. The minimum Gasteiger partial charge on any atom is -0.462 e. The van der Waals surface area contributed by atoms with Crippen LogP contribution in [0.3, 0.4) is 0 Å². The summed E-state index contributed by atoms with van der Waals surface area (Å²) in [6.07, 6.45) is 3.40. The molecule has 0 saturated heterocycles. The molecule has 5 rings (SSSR count). The van der Waals surface area contributed by atoms with Gasteiger partial charge in [0.25, 0.3) is 5.91 Å². The minimum atomic E-state index is -1.06. The fourth-order valence-corrected chi connectivity index (χ4v) is 6.59. The lowest BCUT2D eigenvalue weighted by molar-refractivity contribution is -0.123. The second-order valence-electron chi connectivity index (χ2n) is 9.72. The van der Waals surface area contributed by atoms with Gasteiger partial charge in [-0.2, -0.15) is 0 Å². The van der Waals surface area contributed by atoms with Crippen molar-refractivity contribution in [3.05, 3.63) is 57.1 Å². The highest BCUT2D eigenvalue weighted by atomic mass is 32.1. The number of carbonyl (C=O) groups excluding carboxylic acids is 3. The predicted molar refractivity (Wildman–Crippen MR) is 147 cm³/mol. The molecule has 200 valence electrons. The Morgan fingerprint density at radius 2 is 1.84 bits per heavy atom. The first-order valence-electron chi connectivity index (χ1n) is 13.4. The number of pyridine rings is 1. The fourth-order valence-electron chi connectivity index (χ4n) is 5.31. The van der Waals surface area contributed by atoms with Gasteiger partial charge < -0.3 is 14.8 Å². The molecule has 0 fully saturated rings. The van der Waals surface area contributed by atoms with E-state index < -0.39 is 23.9 Å². The molecule has 1 aliphatic heterocycles. The van der Waals surface area contributed by atoms with Gasteiger partial charge in [-0.05, 0) is 57.7 Å². The molecule has 1 N–H and O–H groups in total. The quantitative estimate of drug-likeness (QED) is 0.429. The van der Waals surface area contributed by atoms with E-state index in [1.807, 2.05) is 24.3 Å². The van der Waals surface area contributed by atoms with Crippen LogP contribution in [0.25, 0.3) is 10.9 Å². The Hall–Kier alpha value is -3.30. The third-order valence-corrected chi connectivity index (χ3v) is 8.52. The number of fused-ring (bicyclic) bond motifs is 3. The van der Waals surface area contributed by atoms with Gasteiger partial charge in [-0.15, -0.1) is 11.3 Å². The van der Waals surface area contributed by atoms with Crippen LogP contribution in [0.4, 0.5) is 5.00 Å². The van der Waals surface area contributed by atoms with Gasteiger partial charge in [0.05, 0.1) is 23.3 Å². The van der Waals surface area contributed by atoms with Crippen molar-refractivity contribution in [3.8, 4) is 0 Å². The SMILES string of the molecule is CCOC(=O)c1c(NC(=O)C(C)OC(=O)c2c3c(nc4ccccc24)CCN(CC)C3)sc2c1CCCC2. The Bertz CT molecular complexity index is 1400. The van der Waals surface area contributed by atoms with Crippen LogP contribution in [0.5, 0.6) is 0 Å². The Kier molecular flexibility index (Phi) is 7.76. The highest BCUT2D eigenvalue weighted by Crippen LogP contribution is 2.39. The molecule has 0 spiro atoms. The Labute approximate surface area is 226 Å². The molecule has 1 aliphatic carbocycles. The number of likely N-dealkylation sites (N-methyl/N-ethyl adjacent to an activating group) is 1. The number of benzene rings is 1. The lowest BCUT2D eigenvalue weighted by Crippen LogP contribution is -2.34. The maximum absolute atomic E-state index is 13.6. The smallest absolute Gasteiger partial charge is 0.341 e. The van der Waals surface area contributed by atoms with Crippen LogP contribution in [0.15, 0.2) is 24.3 Å². The average molecular weight is 536 g/mol. The second-order valence-corrected chi connectivity index (χ2v) is 10.8. The van der Waals surface area contributed by atoms with Gasteiger partial charge in [-0.25, -0.2) is 9.59 Å². The number of ether oxygens (including phenoxy) is 2. The molecule has 3 heterocycles. The number of carbonyl (C=O) groups is 3. The molecule has 9 heteroatoms. The molecule has 2 aliphatic rings. The standard InChI is InChI=1S/C29H33N3O5S/c1-4-32-15-14-22-20(16-32)24(18-10-6-8-12-21(18)30-22)29(35)37-17(3)26(33)31-27-25(28(34)36-5-2)19-11-7-9-13-23(19)38-27/h6,8,10,12,17H,4-5,7,9,11,13-16H2,1-3H3,(H,31,33). The van der Waals surface area contributed by atoms with Crippen molar-refractivity contribution >= 4 is 45.1 Å². The normalized spacial score (nSPS) is 15.9. The zero-order valence-electron chi connectivity index (χ0n) is 22.1. The first-order chi connectivity index (χ1) is 18.4. The van der Waals surface area contributed by atoms with E-state index in [1.54, 1.807) is 13.8 Å². The van der Waals surface area contributed by atoms with Crippen LogP contribution in [0.2, 0.25) is 0 Å². The van der Waals surface area contributed by atoms with Crippen LogP contribution in [-0.4, -0.2) is 53.5 Å². The fraction of sp³-hybridized carbons (Fsp3) is 0.448. The van der Waals surface area contributed by atoms with Crippen LogP contribution in [-0.2, 0) is 40.1 Å². The zero-order valence-corrected chi connectivity index (χ0v) is 22.9. The Balaban J connectivity index is 1.40. The number of aryl methyl sites for hydroxylation is 1. The van der Waals surface area contributed by atoms with Gasteiger partial charge in [0.1, 0.15) is 5.00 Å². The summed E-state index contributed by atoms with van der Waals surface area (Å²) in [5.74, 6) is -1.45. The maximum Gasteiger partial charge on any atom is 0.341 e. The Morgan fingerprint density at radius 3 is 2.63 bits per heavy atom. The molecule has 0 radical (unpaired) electrons. The summed E-state index contributed by atoms with van der Waals surface area (Å²) in [5, 5.41) is 4.05. The molecule has 2 aromatic heterocycles. The molecule has 38 heavy (non-hydrogen) atoms. The summed E-state index contributed by atoms with van der Waals surface area (Å²) in [7, 11) is 0. The number of amides is 1. The summed E-state index contributed by atoms with van der Waals surface area (Å²) < 4.78 is 11.0. The van der Waals surface area contributed by atoms with E-state index in [2.05, 4.69) is 17.1 Å². The van der Waals surface area contributed by atoms with E-state index in [-0.39, 0.29) is 6.61 Å². The lowest BCUT2D eigenvalue weighted by atomic mass is 9.95. The van der Waals surface area contributed by atoms with Crippen LogP contribution in [0.1, 0.15) is 76.0 Å². The predicted octanol–water partition coefficient (Wildman–Crippen LogP) is 4.91. The van der Waals surface area contributed by atoms with Crippen LogP contribution in [0, 0.1) is 0 Å². The topological polar surface area (TPSA) is 97.8 Å². The minimum absolute atomic E-state index is 0.254. The largest absolute Gasteiger partial charge is 0.462 e. The molecule has 0 bridgehead atoms. The third kappa shape index (κ3) is 5.05. The third-order valence-electron chi connectivity index (χ3n) is 7.32. The highest BCUT2D eigenvalue weighted by Gasteiger charge is 2.31. The molecule has 1 atom stereocenters.